The molecule has 0 unspecified atom stereocenters. The molecule has 0 aliphatic carbocycles. The van der Waals surface area contributed by atoms with E-state index in [0.717, 1.165) is 12.4 Å². The van der Waals surface area contributed by atoms with Gasteiger partial charge < -0.3 is 21.2 Å². The van der Waals surface area contributed by atoms with E-state index in [9.17, 15) is 28.5 Å². The van der Waals surface area contributed by atoms with E-state index in [1.54, 1.807) is 0 Å². The molecule has 1 aromatic rings. The smallest absolute Gasteiger partial charge is 0.390 e. The summed E-state index contributed by atoms with van der Waals surface area (Å²) in [6.07, 6.45) is 1.65. The van der Waals surface area contributed by atoms with Gasteiger partial charge in [0.25, 0.3) is 5.91 Å². The number of halogens is 2. The molecule has 0 aliphatic rings. The molecule has 110 valence electrons. The second-order valence-electron chi connectivity index (χ2n) is 3.79. The van der Waals surface area contributed by atoms with Crippen molar-refractivity contribution in [1.29, 1.82) is 0 Å². The summed E-state index contributed by atoms with van der Waals surface area (Å²) in [7, 11) is 0. The van der Waals surface area contributed by atoms with Crippen molar-refractivity contribution >= 4 is 17.8 Å². The number of nitro groups is 1. The number of carbonyl (C=O) groups excluding carboxylic acids is 2. The van der Waals surface area contributed by atoms with E-state index in [4.69, 9.17) is 5.73 Å². The summed E-state index contributed by atoms with van der Waals surface area (Å²) in [5, 5.41) is 12.3. The van der Waals surface area contributed by atoms with Gasteiger partial charge in [0.15, 0.2) is 0 Å². The lowest BCUT2D eigenvalue weighted by Gasteiger charge is -2.14. The molecule has 0 saturated heterocycles. The lowest BCUT2D eigenvalue weighted by molar-refractivity contribution is -0.397. The van der Waals surface area contributed by atoms with Crippen LogP contribution in [0.3, 0.4) is 0 Å². The van der Waals surface area contributed by atoms with E-state index in [1.807, 2.05) is 5.32 Å². The van der Waals surface area contributed by atoms with Crippen molar-refractivity contribution in [3.05, 3.63) is 22.5 Å². The summed E-state index contributed by atoms with van der Waals surface area (Å²) >= 11 is 0. The first-order chi connectivity index (χ1) is 9.24. The number of primary amides is 1. The number of rotatable bonds is 7. The molecule has 1 heterocycles. The van der Waals surface area contributed by atoms with E-state index >= 15 is 0 Å². The number of aromatic nitrogens is 2. The summed E-state index contributed by atoms with van der Waals surface area (Å²) in [6.45, 7) is -1.57. The maximum absolute atomic E-state index is 13.5. The maximum Gasteiger partial charge on any atom is 0.434 e. The summed E-state index contributed by atoms with van der Waals surface area (Å²) in [4.78, 5) is 34.5. The Kier molecular flexibility index (Phi) is 4.67. The van der Waals surface area contributed by atoms with E-state index in [-0.39, 0.29) is 13.0 Å². The SMILES string of the molecule is NC(=O)CCNC(=O)C(F)(F)Cn1ccnc1[N+](=O)[O-]. The number of nitrogens with two attached hydrogens (primary N) is 1. The van der Waals surface area contributed by atoms with Gasteiger partial charge >= 0.3 is 11.9 Å². The zero-order valence-electron chi connectivity index (χ0n) is 10.1. The van der Waals surface area contributed by atoms with E-state index < -0.39 is 35.2 Å². The largest absolute Gasteiger partial charge is 0.434 e. The quantitative estimate of drug-likeness (QED) is 0.512. The van der Waals surface area contributed by atoms with Crippen LogP contribution in [0.4, 0.5) is 14.7 Å². The molecule has 0 spiro atoms. The van der Waals surface area contributed by atoms with Crippen molar-refractivity contribution in [3.8, 4) is 0 Å². The number of hydrogen-bond acceptors (Lipinski definition) is 5. The van der Waals surface area contributed by atoms with Crippen LogP contribution in [-0.2, 0) is 16.1 Å². The van der Waals surface area contributed by atoms with Gasteiger partial charge in [-0.1, -0.05) is 4.98 Å². The van der Waals surface area contributed by atoms with Gasteiger partial charge in [0.2, 0.25) is 5.91 Å². The van der Waals surface area contributed by atoms with Crippen LogP contribution >= 0.6 is 0 Å². The first-order valence-electron chi connectivity index (χ1n) is 5.34. The van der Waals surface area contributed by atoms with E-state index in [1.165, 1.54) is 0 Å². The van der Waals surface area contributed by atoms with Gasteiger partial charge in [-0.25, -0.2) is 4.57 Å². The third-order valence-electron chi connectivity index (χ3n) is 2.21. The highest BCUT2D eigenvalue weighted by molar-refractivity contribution is 5.84. The van der Waals surface area contributed by atoms with Crippen LogP contribution in [0.25, 0.3) is 0 Å². The zero-order chi connectivity index (χ0) is 15.3. The fraction of sp³-hybridized carbons (Fsp3) is 0.444. The molecule has 0 saturated carbocycles. The Morgan fingerprint density at radius 3 is 2.75 bits per heavy atom. The molecule has 3 N–H and O–H groups in total. The third kappa shape index (κ3) is 3.96. The summed E-state index contributed by atoms with van der Waals surface area (Å²) < 4.78 is 27.6. The molecule has 0 aliphatic heterocycles. The summed E-state index contributed by atoms with van der Waals surface area (Å²) in [5.74, 6) is -7.08. The highest BCUT2D eigenvalue weighted by Gasteiger charge is 2.41. The Balaban J connectivity index is 2.68. The first-order valence-corrected chi connectivity index (χ1v) is 5.34. The number of nitrogens with one attached hydrogen (secondary N) is 1. The number of nitrogens with zero attached hydrogens (tertiary/aromatic N) is 3. The van der Waals surface area contributed by atoms with Crippen molar-refractivity contribution in [2.75, 3.05) is 6.54 Å². The van der Waals surface area contributed by atoms with Crippen LogP contribution in [0.2, 0.25) is 0 Å². The average Bonchev–Trinajstić information content (AvgIpc) is 2.75. The molecule has 1 rings (SSSR count). The Hall–Kier alpha value is -2.59. The van der Waals surface area contributed by atoms with Crippen LogP contribution < -0.4 is 11.1 Å². The van der Waals surface area contributed by atoms with Crippen LogP contribution in [0.1, 0.15) is 6.42 Å². The van der Waals surface area contributed by atoms with Crippen molar-refractivity contribution in [3.63, 3.8) is 0 Å². The minimum absolute atomic E-state index is 0.285. The molecular formula is C9H11F2N5O4. The normalized spacial score (nSPS) is 11.1. The Bertz CT molecular complexity index is 530. The predicted molar refractivity (Wildman–Crippen MR) is 60.6 cm³/mol. The predicted octanol–water partition coefficient (Wildman–Crippen LogP) is -0.582. The van der Waals surface area contributed by atoms with Gasteiger partial charge in [-0.3, -0.25) is 9.59 Å². The second-order valence-corrected chi connectivity index (χ2v) is 3.79. The molecule has 0 radical (unpaired) electrons. The van der Waals surface area contributed by atoms with Crippen LogP contribution in [0.5, 0.6) is 0 Å². The van der Waals surface area contributed by atoms with Crippen molar-refractivity contribution in [1.82, 2.24) is 14.9 Å². The summed E-state index contributed by atoms with van der Waals surface area (Å²) in [6, 6.07) is 0. The fourth-order valence-electron chi connectivity index (χ4n) is 1.31. The van der Waals surface area contributed by atoms with Gasteiger partial charge in [0, 0.05) is 13.0 Å². The number of imidazole rings is 1. The third-order valence-corrected chi connectivity index (χ3v) is 2.21. The molecule has 2 amide bonds. The van der Waals surface area contributed by atoms with Gasteiger partial charge in [0.05, 0.1) is 0 Å². The zero-order valence-corrected chi connectivity index (χ0v) is 10.1. The minimum atomic E-state index is -3.89. The second kappa shape index (κ2) is 6.04. The molecule has 0 atom stereocenters. The molecule has 0 fully saturated rings. The molecule has 0 bridgehead atoms. The molecular weight excluding hydrogens is 280 g/mol. The number of hydrogen-bond donors (Lipinski definition) is 2. The maximum atomic E-state index is 13.5. The van der Waals surface area contributed by atoms with Gasteiger partial charge in [0.1, 0.15) is 18.9 Å². The fourth-order valence-corrected chi connectivity index (χ4v) is 1.31. The van der Waals surface area contributed by atoms with E-state index in [0.29, 0.717) is 4.57 Å². The van der Waals surface area contributed by atoms with Crippen molar-refractivity contribution in [2.24, 2.45) is 5.73 Å². The molecule has 1 aromatic heterocycles. The van der Waals surface area contributed by atoms with Crippen LogP contribution in [0.15, 0.2) is 12.4 Å². The summed E-state index contributed by atoms with van der Waals surface area (Å²) in [5.41, 5.74) is 4.79. The van der Waals surface area contributed by atoms with Gasteiger partial charge in [-0.2, -0.15) is 8.78 Å². The Labute approximate surface area is 110 Å². The highest BCUT2D eigenvalue weighted by Crippen LogP contribution is 2.19. The van der Waals surface area contributed by atoms with Crippen LogP contribution in [-0.4, -0.2) is 38.8 Å². The van der Waals surface area contributed by atoms with Crippen LogP contribution in [0, 0.1) is 10.1 Å². The average molecular weight is 291 g/mol. The Morgan fingerprint density at radius 2 is 2.20 bits per heavy atom. The van der Waals surface area contributed by atoms with Crippen molar-refractivity contribution < 1.29 is 23.3 Å². The van der Waals surface area contributed by atoms with Gasteiger partial charge in [-0.05, 0) is 4.92 Å². The number of alkyl halides is 2. The first kappa shape index (κ1) is 15.5. The molecule has 9 nitrogen and oxygen atoms in total. The lowest BCUT2D eigenvalue weighted by atomic mass is 10.3. The molecule has 20 heavy (non-hydrogen) atoms. The van der Waals surface area contributed by atoms with Gasteiger partial charge in [-0.15, -0.1) is 0 Å². The minimum Gasteiger partial charge on any atom is -0.390 e. The highest BCUT2D eigenvalue weighted by atomic mass is 19.3. The topological polar surface area (TPSA) is 133 Å². The number of carbonyl (C=O) groups is 2. The van der Waals surface area contributed by atoms with E-state index in [2.05, 4.69) is 4.98 Å². The monoisotopic (exact) mass is 291 g/mol. The van der Waals surface area contributed by atoms with Crippen molar-refractivity contribution in [2.45, 2.75) is 18.9 Å². The lowest BCUT2D eigenvalue weighted by Crippen LogP contribution is -2.44. The molecule has 11 heteroatoms. The Morgan fingerprint density at radius 1 is 1.55 bits per heavy atom. The standard InChI is InChI=1S/C9H11F2N5O4/c10-9(11,7(18)13-2-1-6(12)17)5-15-4-3-14-8(15)16(19)20/h3-4H,1-2,5H2,(H2,12,17)(H,13,18). The molecule has 0 aromatic carbocycles. The number of amides is 2.